The minimum Gasteiger partial charge on any atom is -0.264 e. The molecule has 1 nitrogen and oxygen atoms in total. The lowest BCUT2D eigenvalue weighted by molar-refractivity contribution is 0.513. The van der Waals surface area contributed by atoms with E-state index in [0.29, 0.717) is 0 Å². The average molecular weight is 89.1 g/mol. The second-order valence-corrected chi connectivity index (χ2v) is 0.893. The average Bonchev–Trinajstić information content (AvgIpc) is 1.61. The van der Waals surface area contributed by atoms with Gasteiger partial charge >= 0.3 is 0 Å². The lowest BCUT2D eigenvalue weighted by Crippen LogP contribution is -1.67. The highest BCUT2D eigenvalue weighted by molar-refractivity contribution is 5.56. The Morgan fingerprint density at radius 1 is 1.83 bits per heavy atom. The maximum absolute atomic E-state index is 11.0. The Morgan fingerprint density at radius 3 is 2.67 bits per heavy atom. The van der Waals surface area contributed by atoms with E-state index in [2.05, 4.69) is 4.99 Å². The number of alkyl halides is 1. The summed E-state index contributed by atoms with van der Waals surface area (Å²) in [5.41, 5.74) is 0. The minimum absolute atomic E-state index is 0.576. The first-order valence-electron chi connectivity index (χ1n) is 1.96. The van der Waals surface area contributed by atoms with Crippen LogP contribution in [0.15, 0.2) is 4.99 Å². The number of hydrogen-bond donors (Lipinski definition) is 0. The summed E-state index contributed by atoms with van der Waals surface area (Å²) in [6, 6.07) is 0. The molecule has 0 aliphatic rings. The summed E-state index contributed by atoms with van der Waals surface area (Å²) in [4.78, 5) is 3.30. The number of aliphatic imine (C=N–C) groups is 1. The quantitative estimate of drug-likeness (QED) is 0.358. The van der Waals surface area contributed by atoms with Crippen LogP contribution in [0.5, 0.6) is 0 Å². The van der Waals surface area contributed by atoms with Crippen molar-refractivity contribution < 1.29 is 4.39 Å². The van der Waals surface area contributed by atoms with E-state index >= 15 is 0 Å². The number of rotatable bonds is 2. The lowest BCUT2D eigenvalue weighted by atomic mass is 10.5. The van der Waals surface area contributed by atoms with Gasteiger partial charge in [0.15, 0.2) is 6.80 Å². The molecule has 0 spiro atoms. The smallest absolute Gasteiger partial charge is 0.179 e. The summed E-state index contributed by atoms with van der Waals surface area (Å²) in [7, 11) is 0. The molecule has 0 amide bonds. The van der Waals surface area contributed by atoms with E-state index in [-0.39, 0.29) is 0 Å². The van der Waals surface area contributed by atoms with Crippen LogP contribution in [0.4, 0.5) is 4.39 Å². The van der Waals surface area contributed by atoms with Crippen LogP contribution < -0.4 is 0 Å². The monoisotopic (exact) mass is 89.1 g/mol. The largest absolute Gasteiger partial charge is 0.264 e. The Kier molecular flexibility index (Phi) is 4.29. The van der Waals surface area contributed by atoms with E-state index < -0.39 is 6.80 Å². The van der Waals surface area contributed by atoms with Gasteiger partial charge in [-0.25, -0.2) is 4.39 Å². The molecule has 0 radical (unpaired) electrons. The molecular weight excluding hydrogens is 81.0 g/mol. The zero-order valence-corrected chi connectivity index (χ0v) is 3.82. The van der Waals surface area contributed by atoms with Crippen LogP contribution in [-0.4, -0.2) is 13.0 Å². The van der Waals surface area contributed by atoms with Gasteiger partial charge in [0.2, 0.25) is 0 Å². The van der Waals surface area contributed by atoms with Crippen molar-refractivity contribution in [3.8, 4) is 0 Å². The highest BCUT2D eigenvalue weighted by Crippen LogP contribution is 1.69. The second kappa shape index (κ2) is 4.60. The molecule has 36 valence electrons. The van der Waals surface area contributed by atoms with E-state index in [4.69, 9.17) is 0 Å². The molecule has 0 heterocycles. The first kappa shape index (κ1) is 5.60. The van der Waals surface area contributed by atoms with E-state index in [1.54, 1.807) is 6.21 Å². The van der Waals surface area contributed by atoms with Gasteiger partial charge in [-0.15, -0.1) is 0 Å². The van der Waals surface area contributed by atoms with Crippen LogP contribution in [0, 0.1) is 0 Å². The van der Waals surface area contributed by atoms with Gasteiger partial charge in [-0.2, -0.15) is 0 Å². The third-order valence-corrected chi connectivity index (χ3v) is 0.381. The normalized spacial score (nSPS) is 10.3. The molecule has 0 aromatic heterocycles. The molecule has 0 unspecified atom stereocenters. The third-order valence-electron chi connectivity index (χ3n) is 0.381. The SMILES string of the molecule is CC/C=N\CF. The molecule has 0 aromatic carbocycles. The minimum atomic E-state index is -0.576. The van der Waals surface area contributed by atoms with Gasteiger partial charge in [0.05, 0.1) is 0 Å². The van der Waals surface area contributed by atoms with E-state index in [0.717, 1.165) is 6.42 Å². The molecule has 2 heteroatoms. The highest BCUT2D eigenvalue weighted by atomic mass is 19.1. The molecule has 0 saturated carbocycles. The zero-order valence-electron chi connectivity index (χ0n) is 3.82. The number of nitrogens with zero attached hydrogens (tertiary/aromatic N) is 1. The summed E-state index contributed by atoms with van der Waals surface area (Å²) >= 11 is 0. The summed E-state index contributed by atoms with van der Waals surface area (Å²) in [6.07, 6.45) is 2.38. The summed E-state index contributed by atoms with van der Waals surface area (Å²) in [5.74, 6) is 0. The van der Waals surface area contributed by atoms with E-state index in [9.17, 15) is 4.39 Å². The van der Waals surface area contributed by atoms with E-state index in [1.165, 1.54) is 0 Å². The molecule has 0 bridgehead atoms. The first-order valence-corrected chi connectivity index (χ1v) is 1.96. The van der Waals surface area contributed by atoms with Crippen molar-refractivity contribution in [3.63, 3.8) is 0 Å². The third kappa shape index (κ3) is 3.60. The Hall–Kier alpha value is -0.400. The van der Waals surface area contributed by atoms with E-state index in [1.807, 2.05) is 6.92 Å². The van der Waals surface area contributed by atoms with Gasteiger partial charge in [-0.3, -0.25) is 4.99 Å². The fourth-order valence-corrected chi connectivity index (χ4v) is 0.178. The molecule has 0 aliphatic heterocycles. The van der Waals surface area contributed by atoms with Crippen molar-refractivity contribution >= 4 is 6.21 Å². The second-order valence-electron chi connectivity index (χ2n) is 0.893. The van der Waals surface area contributed by atoms with Crippen molar-refractivity contribution in [2.75, 3.05) is 6.80 Å². The molecule has 0 aromatic rings. The summed E-state index contributed by atoms with van der Waals surface area (Å²) in [5, 5.41) is 0. The van der Waals surface area contributed by atoms with Crippen molar-refractivity contribution in [1.29, 1.82) is 0 Å². The van der Waals surface area contributed by atoms with Gasteiger partial charge in [0, 0.05) is 6.21 Å². The lowest BCUT2D eigenvalue weighted by Gasteiger charge is -1.71. The standard InChI is InChI=1S/C4H8FN/c1-2-3-6-4-5/h3H,2,4H2,1H3/b6-3-. The maximum atomic E-state index is 11.0. The molecule has 0 atom stereocenters. The molecule has 0 aliphatic carbocycles. The van der Waals surface area contributed by atoms with Crippen molar-refractivity contribution in [2.45, 2.75) is 13.3 Å². The van der Waals surface area contributed by atoms with Crippen LogP contribution in [-0.2, 0) is 0 Å². The van der Waals surface area contributed by atoms with Crippen LogP contribution in [0.3, 0.4) is 0 Å². The Balaban J connectivity index is 2.73. The van der Waals surface area contributed by atoms with Crippen LogP contribution in [0.25, 0.3) is 0 Å². The van der Waals surface area contributed by atoms with Gasteiger partial charge < -0.3 is 0 Å². The first-order chi connectivity index (χ1) is 2.91. The topological polar surface area (TPSA) is 12.4 Å². The molecule has 0 saturated heterocycles. The predicted octanol–water partition coefficient (Wildman–Crippen LogP) is 1.39. The van der Waals surface area contributed by atoms with Crippen molar-refractivity contribution in [3.05, 3.63) is 0 Å². The predicted molar refractivity (Wildman–Crippen MR) is 24.8 cm³/mol. The highest BCUT2D eigenvalue weighted by Gasteiger charge is 1.62. The number of hydrogen-bond acceptors (Lipinski definition) is 1. The number of halogens is 1. The molecular formula is C4H8FN. The van der Waals surface area contributed by atoms with Gasteiger partial charge in [0.1, 0.15) is 0 Å². The van der Waals surface area contributed by atoms with Crippen molar-refractivity contribution in [1.82, 2.24) is 0 Å². The summed E-state index contributed by atoms with van der Waals surface area (Å²) < 4.78 is 11.0. The molecule has 0 fully saturated rings. The van der Waals surface area contributed by atoms with Crippen LogP contribution >= 0.6 is 0 Å². The van der Waals surface area contributed by atoms with Crippen LogP contribution in [0.1, 0.15) is 13.3 Å². The maximum Gasteiger partial charge on any atom is 0.179 e. The molecule has 0 rings (SSSR count). The van der Waals surface area contributed by atoms with Gasteiger partial charge in [-0.1, -0.05) is 6.92 Å². The van der Waals surface area contributed by atoms with Gasteiger partial charge in [-0.05, 0) is 6.42 Å². The fraction of sp³-hybridized carbons (Fsp3) is 0.750. The Bertz CT molecular complexity index is 36.8. The summed E-state index contributed by atoms with van der Waals surface area (Å²) in [6.45, 7) is 1.34. The van der Waals surface area contributed by atoms with Gasteiger partial charge in [0.25, 0.3) is 0 Å². The van der Waals surface area contributed by atoms with Crippen LogP contribution in [0.2, 0.25) is 0 Å². The fourth-order valence-electron chi connectivity index (χ4n) is 0.178. The zero-order chi connectivity index (χ0) is 4.83. The molecule has 0 N–H and O–H groups in total. The van der Waals surface area contributed by atoms with Crippen molar-refractivity contribution in [2.24, 2.45) is 4.99 Å². The Labute approximate surface area is 36.9 Å². The molecule has 6 heavy (non-hydrogen) atoms. The Morgan fingerprint density at radius 2 is 2.50 bits per heavy atom.